The van der Waals surface area contributed by atoms with E-state index in [9.17, 15) is 15.3 Å². The van der Waals surface area contributed by atoms with Gasteiger partial charge < -0.3 is 30.5 Å². The van der Waals surface area contributed by atoms with Crippen LogP contribution in [0.4, 0.5) is 5.82 Å². The molecular formula is C16H23N5O5. The summed E-state index contributed by atoms with van der Waals surface area (Å²) in [5.74, 6) is 0.669. The summed E-state index contributed by atoms with van der Waals surface area (Å²) in [5.41, 5.74) is 6.67. The number of nitrogens with zero attached hydrogens (tertiary/aromatic N) is 4. The molecule has 5 N–H and O–H groups in total. The number of nitrogens with two attached hydrogens (primary N) is 1. The van der Waals surface area contributed by atoms with Gasteiger partial charge in [-0.3, -0.25) is 4.57 Å². The Labute approximate surface area is 149 Å². The Morgan fingerprint density at radius 1 is 1.23 bits per heavy atom. The molecule has 0 unspecified atom stereocenters. The van der Waals surface area contributed by atoms with E-state index in [1.54, 1.807) is 0 Å². The van der Waals surface area contributed by atoms with Crippen molar-refractivity contribution in [1.29, 1.82) is 0 Å². The van der Waals surface area contributed by atoms with Crippen LogP contribution < -0.4 is 10.5 Å². The topological polar surface area (TPSA) is 149 Å². The zero-order valence-electron chi connectivity index (χ0n) is 14.2. The molecule has 2 aromatic heterocycles. The highest BCUT2D eigenvalue weighted by Crippen LogP contribution is 2.32. The van der Waals surface area contributed by atoms with Gasteiger partial charge in [-0.05, 0) is 18.8 Å². The van der Waals surface area contributed by atoms with Crippen LogP contribution in [-0.2, 0) is 4.74 Å². The lowest BCUT2D eigenvalue weighted by Crippen LogP contribution is -2.33. The largest absolute Gasteiger partial charge is 0.463 e. The lowest BCUT2D eigenvalue weighted by molar-refractivity contribution is -0.0511. The molecule has 1 aliphatic heterocycles. The van der Waals surface area contributed by atoms with Crippen molar-refractivity contribution in [3.63, 3.8) is 0 Å². The summed E-state index contributed by atoms with van der Waals surface area (Å²) in [4.78, 5) is 12.7. The van der Waals surface area contributed by atoms with E-state index < -0.39 is 31.1 Å². The van der Waals surface area contributed by atoms with Crippen LogP contribution in [0.5, 0.6) is 6.01 Å². The second-order valence-corrected chi connectivity index (χ2v) is 6.91. The van der Waals surface area contributed by atoms with E-state index in [-0.39, 0.29) is 11.8 Å². The fourth-order valence-corrected chi connectivity index (χ4v) is 3.65. The smallest absolute Gasteiger partial charge is 0.320 e. The fraction of sp³-hybridized carbons (Fsp3) is 0.688. The van der Waals surface area contributed by atoms with Gasteiger partial charge in [-0.15, -0.1) is 0 Å². The Hall–Kier alpha value is -2.01. The summed E-state index contributed by atoms with van der Waals surface area (Å²) in [6.45, 7) is 0.126. The average molecular weight is 365 g/mol. The first-order valence-corrected chi connectivity index (χ1v) is 8.83. The second-order valence-electron chi connectivity index (χ2n) is 6.91. The van der Waals surface area contributed by atoms with Gasteiger partial charge in [-0.25, -0.2) is 4.98 Å². The van der Waals surface area contributed by atoms with E-state index in [4.69, 9.17) is 15.2 Å². The molecule has 2 aliphatic rings. The number of ether oxygens (including phenoxy) is 2. The molecule has 1 saturated heterocycles. The predicted molar refractivity (Wildman–Crippen MR) is 90.2 cm³/mol. The Kier molecular flexibility index (Phi) is 4.65. The van der Waals surface area contributed by atoms with Crippen molar-refractivity contribution < 1.29 is 24.8 Å². The Bertz CT molecular complexity index is 778. The van der Waals surface area contributed by atoms with E-state index in [2.05, 4.69) is 15.0 Å². The normalized spacial score (nSPS) is 29.7. The number of rotatable bonds is 5. The standard InChI is InChI=1S/C16H23N5O5/c17-13-10-14(20-16(19-13)25-6-8-3-1-2-4-8)21(7-18-10)15-12(24)11(23)9(5-22)26-15/h7-9,11-12,15,22-24H,1-6H2,(H2,17,19,20)/t9-,11-,12-,15-/m1/s1. The van der Waals surface area contributed by atoms with Gasteiger partial charge in [-0.1, -0.05) is 12.8 Å². The monoisotopic (exact) mass is 365 g/mol. The van der Waals surface area contributed by atoms with Crippen LogP contribution in [0.1, 0.15) is 31.9 Å². The van der Waals surface area contributed by atoms with E-state index >= 15 is 0 Å². The Morgan fingerprint density at radius 2 is 2.00 bits per heavy atom. The summed E-state index contributed by atoms with van der Waals surface area (Å²) in [6, 6.07) is 0.149. The first-order valence-electron chi connectivity index (χ1n) is 8.83. The maximum Gasteiger partial charge on any atom is 0.320 e. The molecule has 2 fully saturated rings. The van der Waals surface area contributed by atoms with Crippen molar-refractivity contribution in [3.8, 4) is 6.01 Å². The summed E-state index contributed by atoms with van der Waals surface area (Å²) >= 11 is 0. The van der Waals surface area contributed by atoms with Gasteiger partial charge in [-0.2, -0.15) is 9.97 Å². The molecule has 1 saturated carbocycles. The summed E-state index contributed by atoms with van der Waals surface area (Å²) < 4.78 is 12.7. The molecule has 2 aromatic rings. The first-order chi connectivity index (χ1) is 12.6. The lowest BCUT2D eigenvalue weighted by Gasteiger charge is -2.17. The molecule has 1 aliphatic carbocycles. The quantitative estimate of drug-likeness (QED) is 0.554. The Balaban J connectivity index is 1.61. The number of fused-ring (bicyclic) bond motifs is 1. The molecular weight excluding hydrogens is 342 g/mol. The summed E-state index contributed by atoms with van der Waals surface area (Å²) in [6.07, 6.45) is 1.85. The number of aromatic nitrogens is 4. The molecule has 10 heteroatoms. The van der Waals surface area contributed by atoms with E-state index in [0.29, 0.717) is 23.7 Å². The Morgan fingerprint density at radius 3 is 2.69 bits per heavy atom. The van der Waals surface area contributed by atoms with Crippen molar-refractivity contribution >= 4 is 17.0 Å². The molecule has 0 amide bonds. The number of aliphatic hydroxyl groups excluding tert-OH is 3. The van der Waals surface area contributed by atoms with Crippen LogP contribution >= 0.6 is 0 Å². The molecule has 142 valence electrons. The molecule has 0 bridgehead atoms. The van der Waals surface area contributed by atoms with Gasteiger partial charge in [0.05, 0.1) is 19.5 Å². The summed E-state index contributed by atoms with van der Waals surface area (Å²) in [5, 5.41) is 29.5. The van der Waals surface area contributed by atoms with Crippen LogP contribution in [0.25, 0.3) is 11.2 Å². The van der Waals surface area contributed by atoms with Gasteiger partial charge in [0.15, 0.2) is 23.2 Å². The van der Waals surface area contributed by atoms with Crippen molar-refractivity contribution in [3.05, 3.63) is 6.33 Å². The molecule has 4 rings (SSSR count). The molecule has 26 heavy (non-hydrogen) atoms. The van der Waals surface area contributed by atoms with Crippen molar-refractivity contribution in [1.82, 2.24) is 19.5 Å². The average Bonchev–Trinajstić information content (AvgIpc) is 3.34. The van der Waals surface area contributed by atoms with Crippen LogP contribution in [0.2, 0.25) is 0 Å². The van der Waals surface area contributed by atoms with Gasteiger partial charge in [0.2, 0.25) is 0 Å². The maximum absolute atomic E-state index is 10.2. The van der Waals surface area contributed by atoms with Gasteiger partial charge in [0.1, 0.15) is 18.3 Å². The third-order valence-corrected chi connectivity index (χ3v) is 5.14. The minimum absolute atomic E-state index is 0.149. The van der Waals surface area contributed by atoms with Gasteiger partial charge in [0, 0.05) is 0 Å². The number of hydrogen-bond acceptors (Lipinski definition) is 9. The molecule has 0 spiro atoms. The first kappa shape index (κ1) is 17.4. The van der Waals surface area contributed by atoms with Crippen LogP contribution in [0.15, 0.2) is 6.33 Å². The number of hydrogen-bond donors (Lipinski definition) is 4. The minimum Gasteiger partial charge on any atom is -0.463 e. The zero-order chi connectivity index (χ0) is 18.3. The highest BCUT2D eigenvalue weighted by atomic mass is 16.6. The number of nitrogen functional groups attached to an aromatic ring is 1. The van der Waals surface area contributed by atoms with Crippen molar-refractivity contribution in [2.24, 2.45) is 5.92 Å². The van der Waals surface area contributed by atoms with Crippen LogP contribution in [-0.4, -0.2) is 66.4 Å². The fourth-order valence-electron chi connectivity index (χ4n) is 3.65. The molecule has 0 aromatic carbocycles. The maximum atomic E-state index is 10.2. The van der Waals surface area contributed by atoms with Crippen LogP contribution in [0.3, 0.4) is 0 Å². The molecule has 0 radical (unpaired) electrons. The van der Waals surface area contributed by atoms with E-state index in [1.807, 2.05) is 0 Å². The second kappa shape index (κ2) is 6.95. The van der Waals surface area contributed by atoms with E-state index in [1.165, 1.54) is 23.7 Å². The lowest BCUT2D eigenvalue weighted by atomic mass is 10.1. The zero-order valence-corrected chi connectivity index (χ0v) is 14.2. The number of anilines is 1. The van der Waals surface area contributed by atoms with Gasteiger partial charge in [0.25, 0.3) is 0 Å². The number of imidazole rings is 1. The SMILES string of the molecule is Nc1nc(OCC2CCCC2)nc2c1ncn2[C@@H]1O[C@H](CO)[C@@H](O)[C@H]1O. The third-order valence-electron chi connectivity index (χ3n) is 5.14. The highest BCUT2D eigenvalue weighted by molar-refractivity contribution is 5.82. The molecule has 3 heterocycles. The predicted octanol–water partition coefficient (Wildman–Crippen LogP) is -0.411. The highest BCUT2D eigenvalue weighted by Gasteiger charge is 2.44. The minimum atomic E-state index is -1.23. The third kappa shape index (κ3) is 2.98. The van der Waals surface area contributed by atoms with Crippen molar-refractivity contribution in [2.45, 2.75) is 50.2 Å². The van der Waals surface area contributed by atoms with Crippen LogP contribution in [0, 0.1) is 5.92 Å². The van der Waals surface area contributed by atoms with Crippen molar-refractivity contribution in [2.75, 3.05) is 18.9 Å². The van der Waals surface area contributed by atoms with Gasteiger partial charge >= 0.3 is 6.01 Å². The molecule has 4 atom stereocenters. The number of aliphatic hydroxyl groups is 3. The molecule has 10 nitrogen and oxygen atoms in total. The van der Waals surface area contributed by atoms with E-state index in [0.717, 1.165) is 12.8 Å². The summed E-state index contributed by atoms with van der Waals surface area (Å²) in [7, 11) is 0.